The first-order valence-electron chi connectivity index (χ1n) is 8.23. The lowest BCUT2D eigenvalue weighted by Gasteiger charge is -2.33. The van der Waals surface area contributed by atoms with Gasteiger partial charge in [-0.15, -0.1) is 0 Å². The Labute approximate surface area is 147 Å². The number of aryl methyl sites for hydroxylation is 1. The van der Waals surface area contributed by atoms with Gasteiger partial charge in [-0.2, -0.15) is 18.3 Å². The van der Waals surface area contributed by atoms with Crippen LogP contribution in [-0.2, 0) is 12.6 Å². The monoisotopic (exact) mass is 368 g/mol. The molecule has 0 bridgehead atoms. The van der Waals surface area contributed by atoms with Gasteiger partial charge in [-0.25, -0.2) is 9.97 Å². The Morgan fingerprint density at radius 1 is 1.23 bits per heavy atom. The van der Waals surface area contributed by atoms with Crippen molar-refractivity contribution in [1.82, 2.24) is 19.7 Å². The van der Waals surface area contributed by atoms with Crippen LogP contribution in [0.5, 0.6) is 0 Å². The Kier molecular flexibility index (Phi) is 4.84. The molecule has 0 saturated carbocycles. The fourth-order valence-electron chi connectivity index (χ4n) is 3.08. The number of halogens is 3. The number of carboxylic acids is 1. The minimum Gasteiger partial charge on any atom is -0.545 e. The van der Waals surface area contributed by atoms with Crippen LogP contribution in [0.15, 0.2) is 18.6 Å². The molecule has 26 heavy (non-hydrogen) atoms. The molecule has 0 radical (unpaired) electrons. The van der Waals surface area contributed by atoms with Crippen LogP contribution < -0.4 is 10.0 Å². The molecule has 2 aromatic heterocycles. The first kappa shape index (κ1) is 18.2. The second-order valence-corrected chi connectivity index (χ2v) is 6.10. The SMILES string of the molecule is CCc1cnc(N2CCC(n3ncc(C(=O)[O-])c3C(F)(F)F)CC2)nc1. The number of piperidine rings is 1. The number of carboxylic acid groups (broad SMARTS) is 1. The van der Waals surface area contributed by atoms with Gasteiger partial charge in [0.2, 0.25) is 5.95 Å². The highest BCUT2D eigenvalue weighted by molar-refractivity contribution is 5.87. The third-order valence-corrected chi connectivity index (χ3v) is 4.48. The molecule has 0 spiro atoms. The van der Waals surface area contributed by atoms with E-state index in [1.165, 1.54) is 0 Å². The molecule has 0 aliphatic carbocycles. The summed E-state index contributed by atoms with van der Waals surface area (Å²) in [4.78, 5) is 21.4. The van der Waals surface area contributed by atoms with Crippen LogP contribution in [0.25, 0.3) is 0 Å². The molecule has 0 unspecified atom stereocenters. The molecule has 0 atom stereocenters. The van der Waals surface area contributed by atoms with Crippen LogP contribution >= 0.6 is 0 Å². The average Bonchev–Trinajstić information content (AvgIpc) is 3.08. The summed E-state index contributed by atoms with van der Waals surface area (Å²) >= 11 is 0. The molecule has 1 aliphatic heterocycles. The molecule has 0 aromatic carbocycles. The predicted molar refractivity (Wildman–Crippen MR) is 83.5 cm³/mol. The fraction of sp³-hybridized carbons (Fsp3) is 0.500. The van der Waals surface area contributed by atoms with E-state index in [4.69, 9.17) is 0 Å². The van der Waals surface area contributed by atoms with Crippen molar-refractivity contribution >= 4 is 11.9 Å². The van der Waals surface area contributed by atoms with Gasteiger partial charge in [-0.05, 0) is 24.8 Å². The summed E-state index contributed by atoms with van der Waals surface area (Å²) in [6.07, 6.45) is 0.916. The molecule has 1 fully saturated rings. The van der Waals surface area contributed by atoms with Crippen LogP contribution in [0.4, 0.5) is 19.1 Å². The third-order valence-electron chi connectivity index (χ3n) is 4.48. The molecule has 3 heterocycles. The largest absolute Gasteiger partial charge is 0.545 e. The molecule has 140 valence electrons. The molecule has 0 amide bonds. The van der Waals surface area contributed by atoms with Gasteiger partial charge in [0.15, 0.2) is 5.69 Å². The smallest absolute Gasteiger partial charge is 0.433 e. The number of aromatic nitrogens is 4. The first-order chi connectivity index (χ1) is 12.3. The van der Waals surface area contributed by atoms with E-state index in [2.05, 4.69) is 15.1 Å². The lowest BCUT2D eigenvalue weighted by atomic mass is 10.0. The second-order valence-electron chi connectivity index (χ2n) is 6.10. The van der Waals surface area contributed by atoms with Gasteiger partial charge < -0.3 is 14.8 Å². The Hall–Kier alpha value is -2.65. The van der Waals surface area contributed by atoms with Gasteiger partial charge >= 0.3 is 6.18 Å². The Bertz CT molecular complexity index is 780. The number of hydrogen-bond acceptors (Lipinski definition) is 6. The fourth-order valence-corrected chi connectivity index (χ4v) is 3.08. The highest BCUT2D eigenvalue weighted by atomic mass is 19.4. The molecular formula is C16H17F3N5O2-. The first-order valence-corrected chi connectivity index (χ1v) is 8.23. The van der Waals surface area contributed by atoms with Gasteiger partial charge in [0.25, 0.3) is 0 Å². The number of rotatable bonds is 4. The lowest BCUT2D eigenvalue weighted by molar-refractivity contribution is -0.255. The molecule has 10 heteroatoms. The standard InChI is InChI=1S/C16H18F3N5O2/c1-2-10-7-20-15(21-8-10)23-5-3-11(4-6-23)24-13(16(17,18)19)12(9-22-24)14(25)26/h7-9,11H,2-6H2,1H3,(H,25,26)/p-1. The number of carbonyl (C=O) groups excluding carboxylic acids is 1. The summed E-state index contributed by atoms with van der Waals surface area (Å²) in [5, 5.41) is 14.6. The van der Waals surface area contributed by atoms with E-state index in [0.717, 1.165) is 16.7 Å². The summed E-state index contributed by atoms with van der Waals surface area (Å²) in [5.74, 6) is -1.35. The Morgan fingerprint density at radius 3 is 2.35 bits per heavy atom. The van der Waals surface area contributed by atoms with Crippen molar-refractivity contribution in [3.05, 3.63) is 35.4 Å². The topological polar surface area (TPSA) is 87.0 Å². The van der Waals surface area contributed by atoms with Crippen molar-refractivity contribution in [2.75, 3.05) is 18.0 Å². The van der Waals surface area contributed by atoms with Crippen LogP contribution in [-0.4, -0.2) is 38.8 Å². The van der Waals surface area contributed by atoms with E-state index in [9.17, 15) is 23.1 Å². The van der Waals surface area contributed by atoms with E-state index in [1.54, 1.807) is 12.4 Å². The summed E-state index contributed by atoms with van der Waals surface area (Å²) in [5.41, 5.74) is -1.19. The number of nitrogens with zero attached hydrogens (tertiary/aromatic N) is 5. The number of anilines is 1. The third kappa shape index (κ3) is 3.49. The quantitative estimate of drug-likeness (QED) is 0.812. The van der Waals surface area contributed by atoms with Crippen molar-refractivity contribution in [2.45, 2.75) is 38.4 Å². The molecule has 0 N–H and O–H groups in total. The number of carbonyl (C=O) groups is 1. The predicted octanol–water partition coefficient (Wildman–Crippen LogP) is 1.46. The molecule has 1 aliphatic rings. The van der Waals surface area contributed by atoms with Gasteiger partial charge in [-0.3, -0.25) is 4.68 Å². The summed E-state index contributed by atoms with van der Waals surface area (Å²) in [7, 11) is 0. The van der Waals surface area contributed by atoms with Gasteiger partial charge in [0, 0.05) is 31.0 Å². The van der Waals surface area contributed by atoms with E-state index in [1.807, 2.05) is 11.8 Å². The lowest BCUT2D eigenvalue weighted by Crippen LogP contribution is -2.37. The number of alkyl halides is 3. The summed E-state index contributed by atoms with van der Waals surface area (Å²) < 4.78 is 40.6. The van der Waals surface area contributed by atoms with E-state index in [0.29, 0.717) is 38.1 Å². The van der Waals surface area contributed by atoms with Crippen molar-refractivity contribution in [3.63, 3.8) is 0 Å². The molecule has 1 saturated heterocycles. The maximum absolute atomic E-state index is 13.3. The van der Waals surface area contributed by atoms with Crippen LogP contribution in [0, 0.1) is 0 Å². The minimum atomic E-state index is -4.82. The highest BCUT2D eigenvalue weighted by Gasteiger charge is 2.40. The molecule has 7 nitrogen and oxygen atoms in total. The maximum Gasteiger partial charge on any atom is 0.433 e. The Balaban J connectivity index is 1.77. The van der Waals surface area contributed by atoms with Crippen molar-refractivity contribution in [3.8, 4) is 0 Å². The Morgan fingerprint density at radius 2 is 1.85 bits per heavy atom. The van der Waals surface area contributed by atoms with Gasteiger partial charge in [-0.1, -0.05) is 6.92 Å². The molecule has 2 aromatic rings. The summed E-state index contributed by atoms with van der Waals surface area (Å²) in [6, 6.07) is -0.550. The van der Waals surface area contributed by atoms with Crippen LogP contribution in [0.2, 0.25) is 0 Å². The average molecular weight is 368 g/mol. The minimum absolute atomic E-state index is 0.371. The number of hydrogen-bond donors (Lipinski definition) is 0. The van der Waals surface area contributed by atoms with E-state index < -0.39 is 29.4 Å². The summed E-state index contributed by atoms with van der Waals surface area (Å²) in [6.45, 7) is 2.90. The van der Waals surface area contributed by atoms with Crippen molar-refractivity contribution < 1.29 is 23.1 Å². The zero-order chi connectivity index (χ0) is 18.9. The molecule has 3 rings (SSSR count). The van der Waals surface area contributed by atoms with Crippen LogP contribution in [0.3, 0.4) is 0 Å². The van der Waals surface area contributed by atoms with Crippen molar-refractivity contribution in [2.24, 2.45) is 0 Å². The van der Waals surface area contributed by atoms with Crippen molar-refractivity contribution in [1.29, 1.82) is 0 Å². The van der Waals surface area contributed by atoms with E-state index >= 15 is 0 Å². The normalized spacial score (nSPS) is 16.1. The second kappa shape index (κ2) is 6.93. The zero-order valence-corrected chi connectivity index (χ0v) is 14.0. The molecular weight excluding hydrogens is 351 g/mol. The maximum atomic E-state index is 13.3. The van der Waals surface area contributed by atoms with E-state index in [-0.39, 0.29) is 0 Å². The van der Waals surface area contributed by atoms with Gasteiger partial charge in [0.05, 0.1) is 18.2 Å². The van der Waals surface area contributed by atoms with Gasteiger partial charge in [0.1, 0.15) is 0 Å². The van der Waals surface area contributed by atoms with Crippen LogP contribution in [0.1, 0.15) is 47.4 Å². The highest BCUT2D eigenvalue weighted by Crippen LogP contribution is 2.36. The number of aromatic carboxylic acids is 1. The zero-order valence-electron chi connectivity index (χ0n) is 14.0.